The molecule has 0 fully saturated rings. The minimum absolute atomic E-state index is 1.27. The Morgan fingerprint density at radius 3 is 2.00 bits per heavy atom. The zero-order chi connectivity index (χ0) is 14.2. The summed E-state index contributed by atoms with van der Waals surface area (Å²) in [5, 5.41) is 5.22. The van der Waals surface area contributed by atoms with Crippen LogP contribution in [0.15, 0.2) is 78.9 Å². The molecule has 4 aromatic carbocycles. The first kappa shape index (κ1) is 12.8. The Balaban J connectivity index is 2.12. The Bertz CT molecular complexity index is 940. The van der Waals surface area contributed by atoms with Crippen molar-refractivity contribution in [1.82, 2.24) is 0 Å². The quantitative estimate of drug-likeness (QED) is 0.270. The van der Waals surface area contributed by atoms with Crippen LogP contribution in [-0.4, -0.2) is 0 Å². The van der Waals surface area contributed by atoms with Crippen molar-refractivity contribution < 1.29 is 0 Å². The first-order valence-electron chi connectivity index (χ1n) is 6.99. The molecule has 0 saturated carbocycles. The maximum absolute atomic E-state index is 2.40. The maximum atomic E-state index is 2.40. The molecule has 0 atom stereocenters. The second kappa shape index (κ2) is 5.15. The molecule has 0 spiro atoms. The van der Waals surface area contributed by atoms with Gasteiger partial charge < -0.3 is 0 Å². The molecular formula is C20H13I. The Labute approximate surface area is 137 Å². The molecule has 0 saturated heterocycles. The van der Waals surface area contributed by atoms with Crippen LogP contribution in [0.1, 0.15) is 0 Å². The Hall–Kier alpha value is -1.87. The lowest BCUT2D eigenvalue weighted by Crippen LogP contribution is -1.85. The lowest BCUT2D eigenvalue weighted by Gasteiger charge is -2.10. The second-order valence-corrected chi connectivity index (χ2v) is 6.49. The van der Waals surface area contributed by atoms with Gasteiger partial charge in [0.05, 0.1) is 0 Å². The van der Waals surface area contributed by atoms with Crippen LogP contribution in [0.5, 0.6) is 0 Å². The largest absolute Gasteiger partial charge is 0.0622 e. The van der Waals surface area contributed by atoms with Gasteiger partial charge in [-0.05, 0) is 79.5 Å². The summed E-state index contributed by atoms with van der Waals surface area (Å²) in [5.74, 6) is 0. The summed E-state index contributed by atoms with van der Waals surface area (Å²) in [5.41, 5.74) is 2.58. The number of hydrogen-bond donors (Lipinski definition) is 0. The highest BCUT2D eigenvalue weighted by molar-refractivity contribution is 14.1. The average molecular weight is 380 g/mol. The monoisotopic (exact) mass is 380 g/mol. The molecule has 0 aliphatic heterocycles. The standard InChI is InChI=1S/C20H13I/c21-18-11-17-10-15-8-4-5-9-16(15)12-19(17)20(13-18)14-6-2-1-3-7-14/h1-13H. The molecule has 0 heterocycles. The minimum atomic E-state index is 1.27. The highest BCUT2D eigenvalue weighted by atomic mass is 127. The summed E-state index contributed by atoms with van der Waals surface area (Å²) in [6, 6.07) is 28.3. The third-order valence-electron chi connectivity index (χ3n) is 3.87. The number of benzene rings is 4. The highest BCUT2D eigenvalue weighted by Gasteiger charge is 2.07. The predicted octanol–water partition coefficient (Wildman–Crippen LogP) is 6.26. The lowest BCUT2D eigenvalue weighted by molar-refractivity contribution is 1.64. The van der Waals surface area contributed by atoms with Gasteiger partial charge in [-0.3, -0.25) is 0 Å². The number of hydrogen-bond acceptors (Lipinski definition) is 0. The van der Waals surface area contributed by atoms with Gasteiger partial charge in [-0.2, -0.15) is 0 Å². The molecule has 4 rings (SSSR count). The van der Waals surface area contributed by atoms with Crippen molar-refractivity contribution in [3.63, 3.8) is 0 Å². The van der Waals surface area contributed by atoms with E-state index in [9.17, 15) is 0 Å². The van der Waals surface area contributed by atoms with Crippen molar-refractivity contribution in [3.8, 4) is 11.1 Å². The van der Waals surface area contributed by atoms with Gasteiger partial charge in [0.2, 0.25) is 0 Å². The first-order chi connectivity index (χ1) is 10.3. The smallest absolute Gasteiger partial charge is 0.0142 e. The fourth-order valence-corrected chi connectivity index (χ4v) is 3.52. The number of fused-ring (bicyclic) bond motifs is 2. The molecule has 0 nitrogen and oxygen atoms in total. The SMILES string of the molecule is Ic1cc(-c2ccccc2)c2cc3ccccc3cc2c1. The molecular weight excluding hydrogens is 367 g/mol. The van der Waals surface area contributed by atoms with Gasteiger partial charge >= 0.3 is 0 Å². The molecule has 0 radical (unpaired) electrons. The van der Waals surface area contributed by atoms with Crippen molar-refractivity contribution >= 4 is 44.1 Å². The fraction of sp³-hybridized carbons (Fsp3) is 0. The zero-order valence-electron chi connectivity index (χ0n) is 11.4. The average Bonchev–Trinajstić information content (AvgIpc) is 2.53. The summed E-state index contributed by atoms with van der Waals surface area (Å²) in [6.45, 7) is 0. The van der Waals surface area contributed by atoms with E-state index in [1.165, 1.54) is 36.2 Å². The van der Waals surface area contributed by atoms with E-state index in [2.05, 4.69) is 101 Å². The zero-order valence-corrected chi connectivity index (χ0v) is 13.5. The lowest BCUT2D eigenvalue weighted by atomic mass is 9.96. The first-order valence-corrected chi connectivity index (χ1v) is 8.07. The van der Waals surface area contributed by atoms with Crippen molar-refractivity contribution in [3.05, 3.63) is 82.4 Å². The van der Waals surface area contributed by atoms with Crippen LogP contribution in [0.2, 0.25) is 0 Å². The molecule has 100 valence electrons. The van der Waals surface area contributed by atoms with Gasteiger partial charge in [-0.25, -0.2) is 0 Å². The number of halogens is 1. The Kier molecular flexibility index (Phi) is 3.15. The normalized spacial score (nSPS) is 11.1. The molecule has 0 aliphatic carbocycles. The summed E-state index contributed by atoms with van der Waals surface area (Å²) < 4.78 is 1.27. The van der Waals surface area contributed by atoms with Gasteiger partial charge in [0.1, 0.15) is 0 Å². The maximum Gasteiger partial charge on any atom is 0.0142 e. The van der Waals surface area contributed by atoms with Crippen LogP contribution in [0, 0.1) is 3.57 Å². The molecule has 0 aliphatic rings. The van der Waals surface area contributed by atoms with Crippen LogP contribution in [-0.2, 0) is 0 Å². The highest BCUT2D eigenvalue weighted by Crippen LogP contribution is 2.33. The van der Waals surface area contributed by atoms with E-state index in [0.29, 0.717) is 0 Å². The van der Waals surface area contributed by atoms with E-state index in [1.54, 1.807) is 0 Å². The molecule has 0 amide bonds. The third kappa shape index (κ3) is 2.32. The van der Waals surface area contributed by atoms with Crippen molar-refractivity contribution in [1.29, 1.82) is 0 Å². The summed E-state index contributed by atoms with van der Waals surface area (Å²) in [7, 11) is 0. The summed E-state index contributed by atoms with van der Waals surface area (Å²) in [6.07, 6.45) is 0. The summed E-state index contributed by atoms with van der Waals surface area (Å²) in [4.78, 5) is 0. The minimum Gasteiger partial charge on any atom is -0.0622 e. The number of rotatable bonds is 1. The van der Waals surface area contributed by atoms with Gasteiger partial charge in [0, 0.05) is 3.57 Å². The van der Waals surface area contributed by atoms with Gasteiger partial charge in [-0.1, -0.05) is 54.6 Å². The van der Waals surface area contributed by atoms with E-state index in [1.807, 2.05) is 0 Å². The van der Waals surface area contributed by atoms with Gasteiger partial charge in [0.15, 0.2) is 0 Å². The van der Waals surface area contributed by atoms with E-state index in [-0.39, 0.29) is 0 Å². The Morgan fingerprint density at radius 1 is 0.571 bits per heavy atom. The van der Waals surface area contributed by atoms with Crippen LogP contribution in [0.3, 0.4) is 0 Å². The predicted molar refractivity (Wildman–Crippen MR) is 99.6 cm³/mol. The molecule has 0 aromatic heterocycles. The van der Waals surface area contributed by atoms with Crippen molar-refractivity contribution in [2.45, 2.75) is 0 Å². The molecule has 0 bridgehead atoms. The topological polar surface area (TPSA) is 0 Å². The Morgan fingerprint density at radius 2 is 1.24 bits per heavy atom. The second-order valence-electron chi connectivity index (χ2n) is 5.24. The van der Waals surface area contributed by atoms with Crippen LogP contribution >= 0.6 is 22.6 Å². The van der Waals surface area contributed by atoms with Gasteiger partial charge in [-0.15, -0.1) is 0 Å². The molecule has 4 aromatic rings. The van der Waals surface area contributed by atoms with Crippen LogP contribution in [0.25, 0.3) is 32.7 Å². The van der Waals surface area contributed by atoms with Crippen LogP contribution < -0.4 is 0 Å². The van der Waals surface area contributed by atoms with Gasteiger partial charge in [0.25, 0.3) is 0 Å². The van der Waals surface area contributed by atoms with E-state index in [0.717, 1.165) is 0 Å². The fourth-order valence-electron chi connectivity index (χ4n) is 2.87. The molecule has 21 heavy (non-hydrogen) atoms. The van der Waals surface area contributed by atoms with Crippen molar-refractivity contribution in [2.24, 2.45) is 0 Å². The third-order valence-corrected chi connectivity index (χ3v) is 4.49. The van der Waals surface area contributed by atoms with E-state index >= 15 is 0 Å². The van der Waals surface area contributed by atoms with Crippen molar-refractivity contribution in [2.75, 3.05) is 0 Å². The molecule has 1 heteroatoms. The molecule has 0 unspecified atom stereocenters. The molecule has 0 N–H and O–H groups in total. The van der Waals surface area contributed by atoms with Crippen LogP contribution in [0.4, 0.5) is 0 Å². The van der Waals surface area contributed by atoms with E-state index < -0.39 is 0 Å². The van der Waals surface area contributed by atoms with E-state index in [4.69, 9.17) is 0 Å². The summed E-state index contributed by atoms with van der Waals surface area (Å²) >= 11 is 2.40.